The number of phenolic OH excluding ortho intramolecular Hbond substituents is 1. The molecule has 0 aliphatic carbocycles. The van der Waals surface area contributed by atoms with Crippen molar-refractivity contribution in [2.75, 3.05) is 4.90 Å². The van der Waals surface area contributed by atoms with Gasteiger partial charge in [0.25, 0.3) is 0 Å². The minimum absolute atomic E-state index is 0.175. The van der Waals surface area contributed by atoms with Crippen molar-refractivity contribution in [3.63, 3.8) is 0 Å². The summed E-state index contributed by atoms with van der Waals surface area (Å²) in [6, 6.07) is 23.2. The first-order valence-electron chi connectivity index (χ1n) is 10.7. The fourth-order valence-electron chi connectivity index (χ4n) is 4.69. The first-order chi connectivity index (χ1) is 16.0. The molecule has 0 spiro atoms. The van der Waals surface area contributed by atoms with Crippen molar-refractivity contribution in [3.8, 4) is 11.4 Å². The lowest BCUT2D eigenvalue weighted by atomic mass is 9.96. The SMILES string of the molecule is Cc1cc([C@H]2[C@@H](c3ccccn3)NC(=S)N2c2ccccc2O)c(C)n1-c1ccccc1Br. The lowest BCUT2D eigenvalue weighted by Crippen LogP contribution is -2.29. The number of nitrogens with one attached hydrogen (secondary N) is 1. The molecule has 4 aromatic rings. The van der Waals surface area contributed by atoms with E-state index in [-0.39, 0.29) is 17.8 Å². The second-order valence-corrected chi connectivity index (χ2v) is 9.34. The molecule has 2 aromatic heterocycles. The van der Waals surface area contributed by atoms with E-state index in [9.17, 15) is 5.11 Å². The molecule has 3 heterocycles. The summed E-state index contributed by atoms with van der Waals surface area (Å²) in [4.78, 5) is 6.64. The summed E-state index contributed by atoms with van der Waals surface area (Å²) in [6.45, 7) is 4.23. The average Bonchev–Trinajstić information content (AvgIpc) is 3.30. The van der Waals surface area contributed by atoms with E-state index in [4.69, 9.17) is 12.2 Å². The molecule has 2 aromatic carbocycles. The highest BCUT2D eigenvalue weighted by Gasteiger charge is 2.43. The van der Waals surface area contributed by atoms with Gasteiger partial charge in [-0.15, -0.1) is 0 Å². The number of pyridine rings is 1. The molecule has 166 valence electrons. The number of rotatable bonds is 4. The molecule has 1 aliphatic heterocycles. The zero-order valence-electron chi connectivity index (χ0n) is 18.2. The number of aryl methyl sites for hydroxylation is 1. The zero-order valence-corrected chi connectivity index (χ0v) is 20.6. The molecule has 5 rings (SSSR count). The minimum atomic E-state index is -0.192. The molecule has 7 heteroatoms. The topological polar surface area (TPSA) is 53.3 Å². The van der Waals surface area contributed by atoms with E-state index in [1.54, 1.807) is 12.3 Å². The molecule has 1 saturated heterocycles. The fourth-order valence-corrected chi connectivity index (χ4v) is 5.49. The van der Waals surface area contributed by atoms with E-state index >= 15 is 0 Å². The fraction of sp³-hybridized carbons (Fsp3) is 0.154. The predicted octanol–water partition coefficient (Wildman–Crippen LogP) is 6.13. The highest BCUT2D eigenvalue weighted by Crippen LogP contribution is 2.46. The Balaban J connectivity index is 1.71. The first kappa shape index (κ1) is 21.7. The van der Waals surface area contributed by atoms with Crippen LogP contribution in [0.15, 0.2) is 83.5 Å². The Kier molecular flexibility index (Phi) is 5.68. The number of aromatic hydroxyl groups is 1. The molecule has 33 heavy (non-hydrogen) atoms. The van der Waals surface area contributed by atoms with Gasteiger partial charge in [-0.1, -0.05) is 30.3 Å². The van der Waals surface area contributed by atoms with Crippen LogP contribution in [-0.4, -0.2) is 19.8 Å². The summed E-state index contributed by atoms with van der Waals surface area (Å²) in [5.74, 6) is 0.188. The van der Waals surface area contributed by atoms with E-state index in [0.717, 1.165) is 32.8 Å². The summed E-state index contributed by atoms with van der Waals surface area (Å²) in [7, 11) is 0. The van der Waals surface area contributed by atoms with Gasteiger partial charge in [-0.25, -0.2) is 0 Å². The first-order valence-corrected chi connectivity index (χ1v) is 11.9. The predicted molar refractivity (Wildman–Crippen MR) is 139 cm³/mol. The lowest BCUT2D eigenvalue weighted by Gasteiger charge is -2.28. The molecule has 1 fully saturated rings. The Bertz CT molecular complexity index is 1340. The standard InChI is InChI=1S/C26H23BrN4OS/c1-16-15-18(17(2)30(16)21-11-4-3-9-19(21)27)25-24(20-10-7-8-14-28-20)29-26(33)31(25)22-12-5-6-13-23(22)32/h3-15,24-25,32H,1-2H3,(H,29,33)/t24-,25+/m1/s1. The molecule has 0 radical (unpaired) electrons. The van der Waals surface area contributed by atoms with Gasteiger partial charge in [0.1, 0.15) is 5.75 Å². The van der Waals surface area contributed by atoms with E-state index < -0.39 is 0 Å². The third-order valence-electron chi connectivity index (χ3n) is 6.12. The molecule has 0 bridgehead atoms. The molecule has 2 N–H and O–H groups in total. The Hall–Kier alpha value is -3.16. The Morgan fingerprint density at radius 3 is 2.36 bits per heavy atom. The summed E-state index contributed by atoms with van der Waals surface area (Å²) in [5, 5.41) is 14.7. The Morgan fingerprint density at radius 1 is 0.970 bits per heavy atom. The molecule has 2 atom stereocenters. The van der Waals surface area contributed by atoms with Crippen LogP contribution in [0.5, 0.6) is 5.75 Å². The summed E-state index contributed by atoms with van der Waals surface area (Å²) in [5.41, 5.74) is 5.99. The van der Waals surface area contributed by atoms with Crippen molar-refractivity contribution >= 4 is 38.9 Å². The van der Waals surface area contributed by atoms with Crippen molar-refractivity contribution in [2.24, 2.45) is 0 Å². The number of benzene rings is 2. The maximum absolute atomic E-state index is 10.7. The molecular formula is C26H23BrN4OS. The van der Waals surface area contributed by atoms with Gasteiger partial charge < -0.3 is 19.9 Å². The van der Waals surface area contributed by atoms with Crippen LogP contribution < -0.4 is 10.2 Å². The van der Waals surface area contributed by atoms with Crippen LogP contribution >= 0.6 is 28.1 Å². The van der Waals surface area contributed by atoms with E-state index in [2.05, 4.69) is 56.8 Å². The van der Waals surface area contributed by atoms with Gasteiger partial charge in [0, 0.05) is 22.1 Å². The van der Waals surface area contributed by atoms with E-state index in [0.29, 0.717) is 10.8 Å². The number of halogens is 1. The molecule has 0 unspecified atom stereocenters. The number of thiocarbonyl (C=S) groups is 1. The van der Waals surface area contributed by atoms with Crippen LogP contribution in [-0.2, 0) is 0 Å². The van der Waals surface area contributed by atoms with Gasteiger partial charge in [-0.3, -0.25) is 4.98 Å². The second-order valence-electron chi connectivity index (χ2n) is 8.10. The minimum Gasteiger partial charge on any atom is -0.506 e. The van der Waals surface area contributed by atoms with Crippen LogP contribution in [0.2, 0.25) is 0 Å². The number of hydrogen-bond acceptors (Lipinski definition) is 3. The number of para-hydroxylation sites is 3. The third-order valence-corrected chi connectivity index (χ3v) is 7.11. The van der Waals surface area contributed by atoms with Crippen molar-refractivity contribution in [3.05, 3.63) is 106 Å². The number of nitrogens with zero attached hydrogens (tertiary/aromatic N) is 3. The van der Waals surface area contributed by atoms with Gasteiger partial charge in [0.2, 0.25) is 0 Å². The van der Waals surface area contributed by atoms with Gasteiger partial charge in [0.15, 0.2) is 5.11 Å². The monoisotopic (exact) mass is 518 g/mol. The number of hydrogen-bond donors (Lipinski definition) is 2. The molecule has 0 saturated carbocycles. The summed E-state index contributed by atoms with van der Waals surface area (Å²) < 4.78 is 3.27. The van der Waals surface area contributed by atoms with Gasteiger partial charge in [-0.05, 0) is 90.0 Å². The van der Waals surface area contributed by atoms with Crippen LogP contribution in [0.25, 0.3) is 5.69 Å². The van der Waals surface area contributed by atoms with Crippen molar-refractivity contribution in [1.82, 2.24) is 14.9 Å². The smallest absolute Gasteiger partial charge is 0.174 e. The third kappa shape index (κ3) is 3.71. The van der Waals surface area contributed by atoms with Crippen LogP contribution in [0.4, 0.5) is 5.69 Å². The Labute approximate surface area is 206 Å². The number of phenols is 1. The lowest BCUT2D eigenvalue weighted by molar-refractivity contribution is 0.472. The highest BCUT2D eigenvalue weighted by molar-refractivity contribution is 9.10. The van der Waals surface area contributed by atoms with E-state index in [1.807, 2.05) is 59.5 Å². The van der Waals surface area contributed by atoms with Gasteiger partial charge in [0.05, 0.1) is 29.2 Å². The highest BCUT2D eigenvalue weighted by atomic mass is 79.9. The van der Waals surface area contributed by atoms with Crippen molar-refractivity contribution in [2.45, 2.75) is 25.9 Å². The maximum Gasteiger partial charge on any atom is 0.174 e. The molecule has 5 nitrogen and oxygen atoms in total. The number of anilines is 1. The maximum atomic E-state index is 10.7. The number of aromatic nitrogens is 2. The van der Waals surface area contributed by atoms with Crippen molar-refractivity contribution in [1.29, 1.82) is 0 Å². The molecule has 0 amide bonds. The average molecular weight is 519 g/mol. The molecule has 1 aliphatic rings. The van der Waals surface area contributed by atoms with Crippen LogP contribution in [0.3, 0.4) is 0 Å². The summed E-state index contributed by atoms with van der Waals surface area (Å²) in [6.07, 6.45) is 1.80. The van der Waals surface area contributed by atoms with Crippen LogP contribution in [0, 0.1) is 13.8 Å². The normalized spacial score (nSPS) is 17.9. The van der Waals surface area contributed by atoms with E-state index in [1.165, 1.54) is 0 Å². The quantitative estimate of drug-likeness (QED) is 0.318. The summed E-state index contributed by atoms with van der Waals surface area (Å²) >= 11 is 9.50. The Morgan fingerprint density at radius 2 is 1.67 bits per heavy atom. The largest absolute Gasteiger partial charge is 0.506 e. The second kappa shape index (κ2) is 8.65. The van der Waals surface area contributed by atoms with Gasteiger partial charge in [-0.2, -0.15) is 0 Å². The zero-order chi connectivity index (χ0) is 23.1. The molecular weight excluding hydrogens is 496 g/mol. The van der Waals surface area contributed by atoms with Crippen LogP contribution in [0.1, 0.15) is 34.7 Å². The van der Waals surface area contributed by atoms with Crippen molar-refractivity contribution < 1.29 is 5.11 Å². The van der Waals surface area contributed by atoms with Gasteiger partial charge >= 0.3 is 0 Å².